The Hall–Kier alpha value is -3.76. The molecule has 0 saturated heterocycles. The van der Waals surface area contributed by atoms with Crippen LogP contribution < -0.4 is 9.80 Å². The normalized spacial score (nSPS) is 17.1. The van der Waals surface area contributed by atoms with Gasteiger partial charge in [-0.2, -0.15) is 44.3 Å². The van der Waals surface area contributed by atoms with Crippen LogP contribution in [0.5, 0.6) is 0 Å². The number of carboxylic acids is 1. The number of aryl methyl sites for hydroxylation is 1. The molecule has 0 radical (unpaired) electrons. The van der Waals surface area contributed by atoms with E-state index < -0.39 is 59.8 Å². The molecule has 18 heteroatoms. The van der Waals surface area contributed by atoms with Gasteiger partial charge in [0.15, 0.2) is 0 Å². The first-order chi connectivity index (χ1) is 21.8. The van der Waals surface area contributed by atoms with E-state index in [-0.39, 0.29) is 48.2 Å². The van der Waals surface area contributed by atoms with Gasteiger partial charge in [0.25, 0.3) is 5.95 Å². The SMILES string of the molecule is CCN(CC1CCC(CC(=O)O)CC1)c1ccc(C(F)(F)F)cc1CN(Cc1cc(C(F)(F)F)cc(C(F)(F)F)c1)c1nnn(C)n1.Cl. The highest BCUT2D eigenvalue weighted by Crippen LogP contribution is 2.39. The maximum Gasteiger partial charge on any atom is 0.416 e. The Bertz CT molecular complexity index is 1500. The zero-order chi connectivity index (χ0) is 34.7. The topological polar surface area (TPSA) is 87.4 Å². The Morgan fingerprint density at radius 2 is 1.40 bits per heavy atom. The van der Waals surface area contributed by atoms with Crippen molar-refractivity contribution in [1.29, 1.82) is 0 Å². The van der Waals surface area contributed by atoms with Crippen molar-refractivity contribution in [3.05, 3.63) is 64.2 Å². The quantitative estimate of drug-likeness (QED) is 0.201. The number of halogens is 10. The highest BCUT2D eigenvalue weighted by molar-refractivity contribution is 5.85. The van der Waals surface area contributed by atoms with Crippen molar-refractivity contribution in [1.82, 2.24) is 20.2 Å². The molecule has 4 rings (SSSR count). The van der Waals surface area contributed by atoms with Crippen LogP contribution in [0.2, 0.25) is 0 Å². The minimum atomic E-state index is -5.10. The van der Waals surface area contributed by atoms with Crippen LogP contribution in [0.3, 0.4) is 0 Å². The van der Waals surface area contributed by atoms with Crippen LogP contribution in [0.4, 0.5) is 51.1 Å². The summed E-state index contributed by atoms with van der Waals surface area (Å²) < 4.78 is 123. The second-order valence-corrected chi connectivity index (χ2v) is 11.7. The van der Waals surface area contributed by atoms with Crippen LogP contribution >= 0.6 is 12.4 Å². The van der Waals surface area contributed by atoms with Crippen molar-refractivity contribution >= 4 is 30.0 Å². The zero-order valence-corrected chi connectivity index (χ0v) is 26.6. The van der Waals surface area contributed by atoms with Gasteiger partial charge in [0, 0.05) is 38.3 Å². The van der Waals surface area contributed by atoms with Crippen molar-refractivity contribution in [3.8, 4) is 0 Å². The molecule has 1 saturated carbocycles. The van der Waals surface area contributed by atoms with Crippen molar-refractivity contribution < 1.29 is 49.4 Å². The van der Waals surface area contributed by atoms with Gasteiger partial charge >= 0.3 is 24.5 Å². The lowest BCUT2D eigenvalue weighted by atomic mass is 9.80. The Morgan fingerprint density at radius 1 is 0.833 bits per heavy atom. The van der Waals surface area contributed by atoms with Crippen LogP contribution in [0.15, 0.2) is 36.4 Å². The number of hydrogen-bond donors (Lipinski definition) is 1. The minimum absolute atomic E-state index is 0. The van der Waals surface area contributed by atoms with Gasteiger partial charge in [0.1, 0.15) is 0 Å². The molecule has 2 aromatic carbocycles. The van der Waals surface area contributed by atoms with Crippen LogP contribution in [0.1, 0.15) is 66.8 Å². The molecule has 1 N–H and O–H groups in total. The fourth-order valence-electron chi connectivity index (χ4n) is 5.91. The van der Waals surface area contributed by atoms with Crippen LogP contribution in [0.25, 0.3) is 0 Å². The average Bonchev–Trinajstić information content (AvgIpc) is 3.41. The van der Waals surface area contributed by atoms with E-state index in [0.29, 0.717) is 43.8 Å². The number of carbonyl (C=O) groups is 1. The smallest absolute Gasteiger partial charge is 0.416 e. The van der Waals surface area contributed by atoms with Gasteiger partial charge in [-0.1, -0.05) is 5.10 Å². The van der Waals surface area contributed by atoms with E-state index in [2.05, 4.69) is 15.4 Å². The Morgan fingerprint density at radius 3 is 1.88 bits per heavy atom. The summed E-state index contributed by atoms with van der Waals surface area (Å²) in [4.78, 5) is 15.2. The third-order valence-electron chi connectivity index (χ3n) is 8.20. The summed E-state index contributed by atoms with van der Waals surface area (Å²) in [6, 6.07) is 4.20. The van der Waals surface area contributed by atoms with E-state index in [1.807, 2.05) is 4.90 Å². The lowest BCUT2D eigenvalue weighted by molar-refractivity contribution is -0.143. The van der Waals surface area contributed by atoms with Crippen LogP contribution in [-0.2, 0) is 43.5 Å². The molecule has 266 valence electrons. The minimum Gasteiger partial charge on any atom is -0.481 e. The maximum absolute atomic E-state index is 13.9. The number of tetrazole rings is 1. The molecule has 1 fully saturated rings. The molecular formula is C30H34ClF9N6O2. The number of carboxylic acid groups (broad SMARTS) is 1. The molecule has 8 nitrogen and oxygen atoms in total. The maximum atomic E-state index is 13.9. The molecule has 0 spiro atoms. The highest BCUT2D eigenvalue weighted by Gasteiger charge is 2.37. The summed E-state index contributed by atoms with van der Waals surface area (Å²) in [6.07, 6.45) is -12.1. The molecular weight excluding hydrogens is 683 g/mol. The van der Waals surface area contributed by atoms with Gasteiger partial charge in [0.05, 0.1) is 23.7 Å². The monoisotopic (exact) mass is 716 g/mol. The summed E-state index contributed by atoms with van der Waals surface area (Å²) in [7, 11) is 1.38. The molecule has 0 amide bonds. The molecule has 0 unspecified atom stereocenters. The molecule has 1 aromatic heterocycles. The average molecular weight is 717 g/mol. The predicted molar refractivity (Wildman–Crippen MR) is 159 cm³/mol. The first-order valence-electron chi connectivity index (χ1n) is 14.8. The van der Waals surface area contributed by atoms with Gasteiger partial charge in [-0.05, 0) is 97.2 Å². The number of rotatable bonds is 11. The van der Waals surface area contributed by atoms with E-state index in [1.165, 1.54) is 18.0 Å². The molecule has 1 aliphatic rings. The van der Waals surface area contributed by atoms with Crippen molar-refractivity contribution in [2.45, 2.75) is 70.6 Å². The van der Waals surface area contributed by atoms with Gasteiger partial charge in [-0.15, -0.1) is 17.5 Å². The predicted octanol–water partition coefficient (Wildman–Crippen LogP) is 8.00. The molecule has 1 aliphatic carbocycles. The standard InChI is InChI=1S/C30H33F9N6O2.ClH/c1-3-44(15-19-6-4-18(5-7-19)12-26(46)47)25-9-8-22(28(31,32)33)13-21(25)17-45(27-40-42-43(2)41-27)16-20-10-23(29(34,35)36)14-24(11-20)30(37,38)39;/h8-11,13-14,18-19H,3-7,12,15-17H2,1-2H3,(H,46,47);1H. The zero-order valence-electron chi connectivity index (χ0n) is 25.8. The second kappa shape index (κ2) is 15.2. The third kappa shape index (κ3) is 10.1. The van der Waals surface area contributed by atoms with Crippen LogP contribution in [0, 0.1) is 11.8 Å². The Kier molecular flexibility index (Phi) is 12.3. The lowest BCUT2D eigenvalue weighted by Gasteiger charge is -2.35. The van der Waals surface area contributed by atoms with E-state index in [9.17, 15) is 44.3 Å². The number of hydrogen-bond acceptors (Lipinski definition) is 6. The number of benzene rings is 2. The van der Waals surface area contributed by atoms with Crippen molar-refractivity contribution in [2.75, 3.05) is 22.9 Å². The summed E-state index contributed by atoms with van der Waals surface area (Å²) in [5.41, 5.74) is -4.00. The molecule has 0 aliphatic heterocycles. The first-order valence-corrected chi connectivity index (χ1v) is 14.8. The van der Waals surface area contributed by atoms with Gasteiger partial charge in [-0.3, -0.25) is 4.79 Å². The summed E-state index contributed by atoms with van der Waals surface area (Å²) >= 11 is 0. The third-order valence-corrected chi connectivity index (χ3v) is 8.20. The van der Waals surface area contributed by atoms with E-state index in [1.54, 1.807) is 6.92 Å². The molecule has 3 aromatic rings. The number of aliphatic carboxylic acids is 1. The number of nitrogens with zero attached hydrogens (tertiary/aromatic N) is 6. The number of anilines is 2. The highest BCUT2D eigenvalue weighted by atomic mass is 35.5. The fraction of sp³-hybridized carbons (Fsp3) is 0.533. The van der Waals surface area contributed by atoms with Crippen molar-refractivity contribution in [3.63, 3.8) is 0 Å². The molecule has 1 heterocycles. The Balaban J connectivity index is 0.00000625. The second-order valence-electron chi connectivity index (χ2n) is 11.7. The lowest BCUT2D eigenvalue weighted by Crippen LogP contribution is -2.33. The van der Waals surface area contributed by atoms with E-state index in [4.69, 9.17) is 5.11 Å². The molecule has 0 bridgehead atoms. The number of aromatic nitrogens is 4. The summed E-state index contributed by atoms with van der Waals surface area (Å²) in [5.74, 6) is -0.928. The van der Waals surface area contributed by atoms with Crippen LogP contribution in [-0.4, -0.2) is 44.4 Å². The van der Waals surface area contributed by atoms with E-state index >= 15 is 0 Å². The largest absolute Gasteiger partial charge is 0.481 e. The van der Waals surface area contributed by atoms with Gasteiger partial charge in [-0.25, -0.2) is 0 Å². The molecule has 0 atom stereocenters. The van der Waals surface area contributed by atoms with Gasteiger partial charge < -0.3 is 14.9 Å². The fourth-order valence-corrected chi connectivity index (χ4v) is 5.91. The number of alkyl halides is 9. The Labute approximate surface area is 276 Å². The van der Waals surface area contributed by atoms with Crippen molar-refractivity contribution in [2.24, 2.45) is 18.9 Å². The van der Waals surface area contributed by atoms with Gasteiger partial charge in [0.2, 0.25) is 0 Å². The summed E-state index contributed by atoms with van der Waals surface area (Å²) in [5, 5.41) is 20.7. The summed E-state index contributed by atoms with van der Waals surface area (Å²) in [6.45, 7) is 1.60. The molecule has 48 heavy (non-hydrogen) atoms. The van der Waals surface area contributed by atoms with E-state index in [0.717, 1.165) is 29.8 Å². The first kappa shape index (κ1) is 38.7.